The first kappa shape index (κ1) is 12.7. The lowest BCUT2D eigenvalue weighted by atomic mass is 10.2. The van der Waals surface area contributed by atoms with E-state index >= 15 is 0 Å². The largest absolute Gasteiger partial charge is 0.394 e. The smallest absolute Gasteiger partial charge is 0.238 e. The standard InChI is InChI=1S/C10H10BrF2NO3/c11-5-1-7(12)9(8(13)2-5)14-3-6(4-15)17-10(14)16/h1-2,6,10,15-16H,3-4H2/t6-,10?/m1/s1. The first-order chi connectivity index (χ1) is 8.02. The van der Waals surface area contributed by atoms with Crippen molar-refractivity contribution in [3.63, 3.8) is 0 Å². The van der Waals surface area contributed by atoms with Gasteiger partial charge in [0.25, 0.3) is 0 Å². The molecule has 7 heteroatoms. The third-order valence-electron chi connectivity index (χ3n) is 2.45. The summed E-state index contributed by atoms with van der Waals surface area (Å²) in [5.74, 6) is -1.61. The Morgan fingerprint density at radius 2 is 2.00 bits per heavy atom. The monoisotopic (exact) mass is 309 g/mol. The van der Waals surface area contributed by atoms with Crippen molar-refractivity contribution in [3.8, 4) is 0 Å². The molecule has 1 aliphatic heterocycles. The van der Waals surface area contributed by atoms with Crippen molar-refractivity contribution in [2.24, 2.45) is 0 Å². The maximum Gasteiger partial charge on any atom is 0.238 e. The van der Waals surface area contributed by atoms with E-state index in [1.807, 2.05) is 0 Å². The highest BCUT2D eigenvalue weighted by atomic mass is 79.9. The van der Waals surface area contributed by atoms with Gasteiger partial charge in [-0.3, -0.25) is 0 Å². The van der Waals surface area contributed by atoms with E-state index in [4.69, 9.17) is 9.84 Å². The average molecular weight is 310 g/mol. The molecular weight excluding hydrogens is 300 g/mol. The van der Waals surface area contributed by atoms with E-state index in [2.05, 4.69) is 15.9 Å². The Balaban J connectivity index is 2.35. The Hall–Kier alpha value is -0.760. The highest BCUT2D eigenvalue weighted by Crippen LogP contribution is 2.31. The van der Waals surface area contributed by atoms with Crippen LogP contribution in [0.15, 0.2) is 16.6 Å². The third-order valence-corrected chi connectivity index (χ3v) is 2.91. The molecular formula is C10H10BrF2NO3. The third kappa shape index (κ3) is 2.42. The normalized spacial score (nSPS) is 24.4. The number of anilines is 1. The summed E-state index contributed by atoms with van der Waals surface area (Å²) in [6, 6.07) is 2.19. The number of hydrogen-bond acceptors (Lipinski definition) is 4. The number of benzene rings is 1. The van der Waals surface area contributed by atoms with Gasteiger partial charge in [0.1, 0.15) is 11.8 Å². The zero-order valence-electron chi connectivity index (χ0n) is 8.61. The van der Waals surface area contributed by atoms with Gasteiger partial charge >= 0.3 is 0 Å². The van der Waals surface area contributed by atoms with Crippen LogP contribution in [0.25, 0.3) is 0 Å². The minimum atomic E-state index is -1.46. The Bertz CT molecular complexity index is 409. The van der Waals surface area contributed by atoms with Gasteiger partial charge < -0.3 is 19.8 Å². The van der Waals surface area contributed by atoms with Crippen LogP contribution >= 0.6 is 15.9 Å². The number of ether oxygens (including phenoxy) is 1. The molecule has 1 unspecified atom stereocenters. The van der Waals surface area contributed by atoms with Gasteiger partial charge in [-0.1, -0.05) is 15.9 Å². The quantitative estimate of drug-likeness (QED) is 0.862. The molecule has 1 fully saturated rings. The van der Waals surface area contributed by atoms with E-state index in [1.54, 1.807) is 0 Å². The van der Waals surface area contributed by atoms with Crippen LogP contribution in [0.2, 0.25) is 0 Å². The van der Waals surface area contributed by atoms with Crippen molar-refractivity contribution in [3.05, 3.63) is 28.2 Å². The van der Waals surface area contributed by atoms with Crippen LogP contribution in [0.5, 0.6) is 0 Å². The lowest BCUT2D eigenvalue weighted by molar-refractivity contribution is -0.0992. The predicted molar refractivity (Wildman–Crippen MR) is 59.4 cm³/mol. The minimum absolute atomic E-state index is 0.0210. The molecule has 0 radical (unpaired) electrons. The van der Waals surface area contributed by atoms with Crippen LogP contribution in [-0.2, 0) is 4.74 Å². The van der Waals surface area contributed by atoms with E-state index in [-0.39, 0.29) is 23.3 Å². The van der Waals surface area contributed by atoms with E-state index in [0.717, 1.165) is 17.0 Å². The molecule has 0 aliphatic carbocycles. The van der Waals surface area contributed by atoms with Gasteiger partial charge in [0, 0.05) is 4.47 Å². The summed E-state index contributed by atoms with van der Waals surface area (Å²) in [6.45, 7) is -0.305. The summed E-state index contributed by atoms with van der Waals surface area (Å²) in [5, 5.41) is 18.4. The van der Waals surface area contributed by atoms with Crippen LogP contribution in [0, 0.1) is 11.6 Å². The molecule has 1 heterocycles. The predicted octanol–water partition coefficient (Wildman–Crippen LogP) is 1.20. The summed E-state index contributed by atoms with van der Waals surface area (Å²) in [6.07, 6.45) is -2.12. The number of nitrogens with zero attached hydrogens (tertiary/aromatic N) is 1. The molecule has 94 valence electrons. The summed E-state index contributed by atoms with van der Waals surface area (Å²) < 4.78 is 32.4. The van der Waals surface area contributed by atoms with Crippen molar-refractivity contribution in [2.75, 3.05) is 18.1 Å². The molecule has 1 aromatic carbocycles. The molecule has 0 bridgehead atoms. The molecule has 4 nitrogen and oxygen atoms in total. The fourth-order valence-corrected chi connectivity index (χ4v) is 2.11. The van der Waals surface area contributed by atoms with Crippen LogP contribution < -0.4 is 4.90 Å². The van der Waals surface area contributed by atoms with E-state index in [0.29, 0.717) is 0 Å². The second-order valence-corrected chi connectivity index (χ2v) is 4.55. The van der Waals surface area contributed by atoms with E-state index in [9.17, 15) is 13.9 Å². The lowest BCUT2D eigenvalue weighted by Crippen LogP contribution is -2.31. The Morgan fingerprint density at radius 3 is 2.47 bits per heavy atom. The Kier molecular flexibility index (Phi) is 3.62. The second-order valence-electron chi connectivity index (χ2n) is 3.64. The number of rotatable bonds is 2. The molecule has 0 spiro atoms. The van der Waals surface area contributed by atoms with Crippen LogP contribution in [-0.4, -0.2) is 35.9 Å². The van der Waals surface area contributed by atoms with Crippen LogP contribution in [0.1, 0.15) is 0 Å². The Morgan fingerprint density at radius 1 is 1.41 bits per heavy atom. The van der Waals surface area contributed by atoms with Crippen molar-refractivity contribution in [2.45, 2.75) is 12.5 Å². The molecule has 2 atom stereocenters. The first-order valence-corrected chi connectivity index (χ1v) is 5.68. The van der Waals surface area contributed by atoms with E-state index in [1.165, 1.54) is 0 Å². The average Bonchev–Trinajstić information content (AvgIpc) is 2.59. The van der Waals surface area contributed by atoms with E-state index < -0.39 is 24.2 Å². The fourth-order valence-electron chi connectivity index (χ4n) is 1.71. The minimum Gasteiger partial charge on any atom is -0.394 e. The number of hydrogen-bond donors (Lipinski definition) is 2. The van der Waals surface area contributed by atoms with Crippen molar-refractivity contribution >= 4 is 21.6 Å². The topological polar surface area (TPSA) is 52.9 Å². The summed E-state index contributed by atoms with van der Waals surface area (Å²) in [4.78, 5) is 1.03. The molecule has 17 heavy (non-hydrogen) atoms. The molecule has 0 amide bonds. The van der Waals surface area contributed by atoms with Crippen molar-refractivity contribution < 1.29 is 23.7 Å². The van der Waals surface area contributed by atoms with Crippen LogP contribution in [0.3, 0.4) is 0 Å². The maximum absolute atomic E-state index is 13.6. The maximum atomic E-state index is 13.6. The summed E-state index contributed by atoms with van der Waals surface area (Å²) in [7, 11) is 0. The molecule has 2 rings (SSSR count). The zero-order chi connectivity index (χ0) is 12.6. The highest BCUT2D eigenvalue weighted by Gasteiger charge is 2.34. The molecule has 0 aromatic heterocycles. The zero-order valence-corrected chi connectivity index (χ0v) is 10.2. The lowest BCUT2D eigenvalue weighted by Gasteiger charge is -2.21. The first-order valence-electron chi connectivity index (χ1n) is 4.88. The van der Waals surface area contributed by atoms with Crippen LogP contribution in [0.4, 0.5) is 14.5 Å². The highest BCUT2D eigenvalue weighted by molar-refractivity contribution is 9.10. The number of aliphatic hydroxyl groups is 2. The summed E-state index contributed by atoms with van der Waals surface area (Å²) in [5.41, 5.74) is -0.364. The van der Waals surface area contributed by atoms with Crippen molar-refractivity contribution in [1.29, 1.82) is 0 Å². The van der Waals surface area contributed by atoms with Gasteiger partial charge in [0.15, 0.2) is 11.6 Å². The van der Waals surface area contributed by atoms with Gasteiger partial charge in [-0.15, -0.1) is 0 Å². The number of halogens is 3. The van der Waals surface area contributed by atoms with Gasteiger partial charge in [-0.2, -0.15) is 0 Å². The molecule has 2 N–H and O–H groups in total. The fraction of sp³-hybridized carbons (Fsp3) is 0.400. The second kappa shape index (κ2) is 4.85. The van der Waals surface area contributed by atoms with Gasteiger partial charge in [-0.05, 0) is 12.1 Å². The summed E-state index contributed by atoms with van der Waals surface area (Å²) >= 11 is 2.96. The van der Waals surface area contributed by atoms with Gasteiger partial charge in [0.05, 0.1) is 13.2 Å². The SMILES string of the molecule is OC[C@H]1CN(c2c(F)cc(Br)cc2F)C(O)O1. The van der Waals surface area contributed by atoms with Gasteiger partial charge in [0.2, 0.25) is 6.41 Å². The van der Waals surface area contributed by atoms with Crippen molar-refractivity contribution in [1.82, 2.24) is 0 Å². The molecule has 1 aliphatic rings. The Labute approximate surface area is 105 Å². The molecule has 1 saturated heterocycles. The molecule has 1 aromatic rings. The van der Waals surface area contributed by atoms with Gasteiger partial charge in [-0.25, -0.2) is 8.78 Å². The molecule has 0 saturated carbocycles. The number of aliphatic hydroxyl groups excluding tert-OH is 2.